The average Bonchev–Trinajstić information content (AvgIpc) is 3.12. The lowest BCUT2D eigenvalue weighted by Crippen LogP contribution is -2.49. The number of halogens is 3. The molecule has 138 valence electrons. The largest absolute Gasteiger partial charge is 0.405 e. The number of carbonyl (C=O) groups is 2. The smallest absolute Gasteiger partial charge is 0.380 e. The predicted molar refractivity (Wildman–Crippen MR) is 80.2 cm³/mol. The highest BCUT2D eigenvalue weighted by Crippen LogP contribution is 2.28. The number of amides is 2. The van der Waals surface area contributed by atoms with Crippen molar-refractivity contribution in [1.29, 1.82) is 0 Å². The molecule has 0 spiro atoms. The molecule has 0 aromatic rings. The fourth-order valence-corrected chi connectivity index (χ4v) is 3.46. The van der Waals surface area contributed by atoms with Gasteiger partial charge < -0.3 is 15.4 Å². The summed E-state index contributed by atoms with van der Waals surface area (Å²) < 4.78 is 41.5. The van der Waals surface area contributed by atoms with Gasteiger partial charge in [0.1, 0.15) is 13.0 Å². The highest BCUT2D eigenvalue weighted by molar-refractivity contribution is 5.97. The fourth-order valence-electron chi connectivity index (χ4n) is 3.46. The van der Waals surface area contributed by atoms with Gasteiger partial charge >= 0.3 is 6.18 Å². The topological polar surface area (TPSA) is 70.7 Å². The van der Waals surface area contributed by atoms with Crippen molar-refractivity contribution in [3.8, 4) is 0 Å². The Kier molecular flexibility index (Phi) is 6.45. The van der Waals surface area contributed by atoms with E-state index >= 15 is 0 Å². The highest BCUT2D eigenvalue weighted by atomic mass is 19.4. The molecule has 1 aliphatic carbocycles. The van der Waals surface area contributed by atoms with E-state index in [1.807, 2.05) is 0 Å². The van der Waals surface area contributed by atoms with Crippen LogP contribution in [-0.2, 0) is 14.3 Å². The zero-order valence-corrected chi connectivity index (χ0v) is 13.7. The van der Waals surface area contributed by atoms with Gasteiger partial charge in [0.2, 0.25) is 11.8 Å². The second-order valence-corrected chi connectivity index (χ2v) is 6.38. The van der Waals surface area contributed by atoms with Crippen LogP contribution in [0.15, 0.2) is 0 Å². The van der Waals surface area contributed by atoms with Crippen molar-refractivity contribution in [3.63, 3.8) is 0 Å². The number of rotatable bonds is 6. The van der Waals surface area contributed by atoms with Gasteiger partial charge in [-0.15, -0.1) is 0 Å². The molecule has 24 heavy (non-hydrogen) atoms. The molecule has 1 unspecified atom stereocenters. The van der Waals surface area contributed by atoms with Crippen molar-refractivity contribution in [2.75, 3.05) is 26.7 Å². The molecule has 2 rings (SSSR count). The Labute approximate surface area is 139 Å². The van der Waals surface area contributed by atoms with Crippen LogP contribution in [0, 0.1) is 0 Å². The Morgan fingerprint density at radius 3 is 2.58 bits per heavy atom. The highest BCUT2D eigenvalue weighted by Gasteiger charge is 2.37. The molecule has 2 N–H and O–H groups in total. The molecule has 2 amide bonds. The summed E-state index contributed by atoms with van der Waals surface area (Å²) >= 11 is 0. The Morgan fingerprint density at radius 2 is 1.96 bits per heavy atom. The van der Waals surface area contributed by atoms with E-state index in [-0.39, 0.29) is 18.2 Å². The first kappa shape index (κ1) is 19.0. The summed E-state index contributed by atoms with van der Waals surface area (Å²) in [5.74, 6) is -1.45. The van der Waals surface area contributed by atoms with Gasteiger partial charge in [-0.1, -0.05) is 0 Å². The summed E-state index contributed by atoms with van der Waals surface area (Å²) in [6.45, 7) is 0.304. The van der Waals surface area contributed by atoms with Gasteiger partial charge in [0.25, 0.3) is 0 Å². The van der Waals surface area contributed by atoms with Gasteiger partial charge in [-0.3, -0.25) is 14.5 Å². The maximum atomic E-state index is 12.0. The van der Waals surface area contributed by atoms with E-state index < -0.39 is 31.0 Å². The maximum Gasteiger partial charge on any atom is 0.405 e. The first-order valence-electron chi connectivity index (χ1n) is 8.18. The Balaban J connectivity index is 1.77. The standard InChI is InChI=1S/C15H24F3N3O3/c1-24-10-5-6-21(8-10)12-4-2-3-11(12)20-14(23)7-13(22)19-9-15(16,17)18/h10-12H,2-9H2,1H3,(H,19,22)(H,20,23)/t10?,11-,12+/m1/s1. The summed E-state index contributed by atoms with van der Waals surface area (Å²) in [6, 6.07) is 0.135. The maximum absolute atomic E-state index is 12.0. The van der Waals surface area contributed by atoms with Gasteiger partial charge in [-0.2, -0.15) is 13.2 Å². The fraction of sp³-hybridized carbons (Fsp3) is 0.867. The van der Waals surface area contributed by atoms with E-state index in [1.165, 1.54) is 0 Å². The Morgan fingerprint density at radius 1 is 1.21 bits per heavy atom. The molecule has 1 heterocycles. The quantitative estimate of drug-likeness (QED) is 0.695. The minimum Gasteiger partial charge on any atom is -0.380 e. The number of ether oxygens (including phenoxy) is 1. The summed E-state index contributed by atoms with van der Waals surface area (Å²) in [5.41, 5.74) is 0. The average molecular weight is 351 g/mol. The third-order valence-corrected chi connectivity index (χ3v) is 4.61. The van der Waals surface area contributed by atoms with E-state index in [1.54, 1.807) is 12.4 Å². The Hall–Kier alpha value is -1.35. The minimum absolute atomic E-state index is 0.0662. The van der Waals surface area contributed by atoms with Crippen LogP contribution in [-0.4, -0.2) is 67.8 Å². The monoisotopic (exact) mass is 351 g/mol. The minimum atomic E-state index is -4.48. The molecule has 1 aliphatic heterocycles. The second-order valence-electron chi connectivity index (χ2n) is 6.38. The number of methoxy groups -OCH3 is 1. The second kappa shape index (κ2) is 8.15. The van der Waals surface area contributed by atoms with Crippen LogP contribution < -0.4 is 10.6 Å². The van der Waals surface area contributed by atoms with Crippen LogP contribution >= 0.6 is 0 Å². The van der Waals surface area contributed by atoms with E-state index in [4.69, 9.17) is 4.74 Å². The number of hydrogen-bond acceptors (Lipinski definition) is 4. The number of nitrogens with zero attached hydrogens (tertiary/aromatic N) is 1. The lowest BCUT2D eigenvalue weighted by atomic mass is 10.1. The first-order chi connectivity index (χ1) is 11.3. The molecule has 6 nitrogen and oxygen atoms in total. The van der Waals surface area contributed by atoms with E-state index in [2.05, 4.69) is 10.2 Å². The molecule has 9 heteroatoms. The third kappa shape index (κ3) is 5.62. The first-order valence-corrected chi connectivity index (χ1v) is 8.18. The lowest BCUT2D eigenvalue weighted by molar-refractivity contribution is -0.141. The van der Waals surface area contributed by atoms with Crippen LogP contribution in [0.5, 0.6) is 0 Å². The van der Waals surface area contributed by atoms with Crippen molar-refractivity contribution < 1.29 is 27.5 Å². The SMILES string of the molecule is COC1CCN([C@H]2CCC[C@H]2NC(=O)CC(=O)NCC(F)(F)F)C1. The molecule has 3 atom stereocenters. The number of likely N-dealkylation sites (tertiary alicyclic amines) is 1. The van der Waals surface area contributed by atoms with Crippen LogP contribution in [0.25, 0.3) is 0 Å². The molecular formula is C15H24F3N3O3. The van der Waals surface area contributed by atoms with E-state index in [9.17, 15) is 22.8 Å². The molecule has 1 saturated carbocycles. The molecule has 0 bridgehead atoms. The van der Waals surface area contributed by atoms with Gasteiger partial charge in [-0.05, 0) is 25.7 Å². The predicted octanol–water partition coefficient (Wildman–Crippen LogP) is 0.813. The normalized spacial score (nSPS) is 28.1. The summed E-state index contributed by atoms with van der Waals surface area (Å²) in [4.78, 5) is 25.6. The van der Waals surface area contributed by atoms with Crippen molar-refractivity contribution in [2.24, 2.45) is 0 Å². The molecule has 0 radical (unpaired) electrons. The lowest BCUT2D eigenvalue weighted by Gasteiger charge is -2.30. The van der Waals surface area contributed by atoms with Crippen molar-refractivity contribution in [3.05, 3.63) is 0 Å². The molecular weight excluding hydrogens is 327 g/mol. The number of hydrogen-bond donors (Lipinski definition) is 2. The molecule has 1 saturated heterocycles. The van der Waals surface area contributed by atoms with E-state index in [0.717, 1.165) is 38.8 Å². The summed E-state index contributed by atoms with van der Waals surface area (Å²) in [7, 11) is 1.68. The van der Waals surface area contributed by atoms with Crippen LogP contribution in [0.4, 0.5) is 13.2 Å². The number of nitrogens with one attached hydrogen (secondary N) is 2. The van der Waals surface area contributed by atoms with Crippen molar-refractivity contribution in [2.45, 2.75) is 56.5 Å². The van der Waals surface area contributed by atoms with Crippen LogP contribution in [0.1, 0.15) is 32.1 Å². The zero-order chi connectivity index (χ0) is 17.7. The third-order valence-electron chi connectivity index (χ3n) is 4.61. The summed E-state index contributed by atoms with van der Waals surface area (Å²) in [5, 5.41) is 4.51. The van der Waals surface area contributed by atoms with Crippen LogP contribution in [0.2, 0.25) is 0 Å². The van der Waals surface area contributed by atoms with Gasteiger partial charge in [-0.25, -0.2) is 0 Å². The van der Waals surface area contributed by atoms with Gasteiger partial charge in [0.15, 0.2) is 0 Å². The number of carbonyl (C=O) groups excluding carboxylic acids is 2. The zero-order valence-electron chi connectivity index (χ0n) is 13.7. The van der Waals surface area contributed by atoms with Crippen molar-refractivity contribution >= 4 is 11.8 Å². The Bertz CT molecular complexity index is 459. The van der Waals surface area contributed by atoms with Crippen molar-refractivity contribution in [1.82, 2.24) is 15.5 Å². The van der Waals surface area contributed by atoms with Crippen LogP contribution in [0.3, 0.4) is 0 Å². The summed E-state index contributed by atoms with van der Waals surface area (Å²) in [6.07, 6.45) is -1.15. The van der Waals surface area contributed by atoms with Gasteiger partial charge in [0.05, 0.1) is 6.10 Å². The molecule has 2 fully saturated rings. The number of alkyl halides is 3. The molecule has 0 aromatic carbocycles. The van der Waals surface area contributed by atoms with E-state index in [0.29, 0.717) is 0 Å². The molecule has 0 aromatic heterocycles. The van der Waals surface area contributed by atoms with Gasteiger partial charge in [0, 0.05) is 32.3 Å². The molecule has 2 aliphatic rings.